The maximum atomic E-state index is 12.1. The van der Waals surface area contributed by atoms with Crippen molar-refractivity contribution in [1.82, 2.24) is 19.6 Å². The van der Waals surface area contributed by atoms with E-state index in [-0.39, 0.29) is 24.5 Å². The molecule has 7 heteroatoms. The number of amides is 2. The molecule has 0 saturated carbocycles. The molecule has 30 heavy (non-hydrogen) atoms. The van der Waals surface area contributed by atoms with Crippen molar-refractivity contribution in [3.63, 3.8) is 0 Å². The van der Waals surface area contributed by atoms with E-state index in [0.29, 0.717) is 0 Å². The van der Waals surface area contributed by atoms with Crippen LogP contribution >= 0.6 is 12.4 Å². The van der Waals surface area contributed by atoms with E-state index in [1.165, 1.54) is 11.1 Å². The molecular formula is C23H29ClN4O2. The van der Waals surface area contributed by atoms with Crippen LogP contribution in [0.1, 0.15) is 31.7 Å². The van der Waals surface area contributed by atoms with Crippen LogP contribution in [0.2, 0.25) is 0 Å². The van der Waals surface area contributed by atoms with Crippen LogP contribution in [0.15, 0.2) is 48.9 Å². The van der Waals surface area contributed by atoms with Crippen LogP contribution in [0, 0.1) is 6.92 Å². The second-order valence-corrected chi connectivity index (χ2v) is 7.57. The normalized spacial score (nSPS) is 14.4. The lowest BCUT2D eigenvalue weighted by Gasteiger charge is -2.32. The van der Waals surface area contributed by atoms with Crippen LogP contribution in [0.3, 0.4) is 0 Å². The van der Waals surface area contributed by atoms with Gasteiger partial charge in [0.1, 0.15) is 17.5 Å². The number of benzene rings is 1. The molecule has 1 saturated heterocycles. The lowest BCUT2D eigenvalue weighted by molar-refractivity contribution is 0.111. The van der Waals surface area contributed by atoms with E-state index in [1.54, 1.807) is 0 Å². The van der Waals surface area contributed by atoms with Crippen LogP contribution in [0.4, 0.5) is 4.79 Å². The lowest BCUT2D eigenvalue weighted by Crippen LogP contribution is -2.46. The Morgan fingerprint density at radius 3 is 2.60 bits per heavy atom. The molecule has 0 aliphatic carbocycles. The number of pyridine rings is 1. The molecule has 1 fully saturated rings. The zero-order valence-corrected chi connectivity index (χ0v) is 18.3. The third-order valence-electron chi connectivity index (χ3n) is 5.53. The molecule has 2 amide bonds. The highest BCUT2D eigenvalue weighted by molar-refractivity contribution is 5.85. The van der Waals surface area contributed by atoms with Gasteiger partial charge < -0.3 is 19.4 Å². The zero-order chi connectivity index (χ0) is 20.2. The number of carbonyl (C=O) groups excluding carboxylic acids is 1. The maximum Gasteiger partial charge on any atom is 0.317 e. The number of imidazole rings is 1. The van der Waals surface area contributed by atoms with Gasteiger partial charge in [-0.25, -0.2) is 9.78 Å². The first-order valence-corrected chi connectivity index (χ1v) is 10.4. The van der Waals surface area contributed by atoms with Crippen LogP contribution in [-0.4, -0.2) is 46.1 Å². The summed E-state index contributed by atoms with van der Waals surface area (Å²) in [5, 5.41) is 2.94. The summed E-state index contributed by atoms with van der Waals surface area (Å²) >= 11 is 0. The summed E-state index contributed by atoms with van der Waals surface area (Å²) in [6, 6.07) is 10.4. The molecule has 3 heterocycles. The van der Waals surface area contributed by atoms with Gasteiger partial charge >= 0.3 is 6.03 Å². The first kappa shape index (κ1) is 22.0. The highest BCUT2D eigenvalue weighted by atomic mass is 35.5. The molecule has 1 aromatic carbocycles. The molecule has 0 radical (unpaired) electrons. The van der Waals surface area contributed by atoms with Gasteiger partial charge in [-0.05, 0) is 42.7 Å². The Morgan fingerprint density at radius 1 is 1.17 bits per heavy atom. The predicted octanol–water partition coefficient (Wildman–Crippen LogP) is 4.69. The number of nitrogens with zero attached hydrogens (tertiary/aromatic N) is 3. The van der Waals surface area contributed by atoms with Crippen molar-refractivity contribution in [3.05, 3.63) is 54.5 Å². The van der Waals surface area contributed by atoms with Crippen molar-refractivity contribution in [2.45, 2.75) is 39.2 Å². The number of fused-ring (bicyclic) bond motifs is 1. The third kappa shape index (κ3) is 4.70. The van der Waals surface area contributed by atoms with Crippen LogP contribution in [0.25, 0.3) is 16.8 Å². The molecule has 2 aromatic heterocycles. The van der Waals surface area contributed by atoms with E-state index in [9.17, 15) is 4.79 Å². The highest BCUT2D eigenvalue weighted by Crippen LogP contribution is 2.28. The summed E-state index contributed by atoms with van der Waals surface area (Å²) in [7, 11) is 0. The molecule has 160 valence electrons. The third-order valence-corrected chi connectivity index (χ3v) is 5.53. The van der Waals surface area contributed by atoms with E-state index in [4.69, 9.17) is 4.74 Å². The fourth-order valence-electron chi connectivity index (χ4n) is 3.86. The van der Waals surface area contributed by atoms with Crippen molar-refractivity contribution in [2.75, 3.05) is 19.6 Å². The largest absolute Gasteiger partial charge is 0.490 e. The van der Waals surface area contributed by atoms with Crippen LogP contribution in [-0.2, 0) is 0 Å². The van der Waals surface area contributed by atoms with E-state index < -0.39 is 0 Å². The van der Waals surface area contributed by atoms with Gasteiger partial charge in [0.05, 0.1) is 0 Å². The maximum absolute atomic E-state index is 12.1. The summed E-state index contributed by atoms with van der Waals surface area (Å²) < 4.78 is 8.20. The summed E-state index contributed by atoms with van der Waals surface area (Å²) in [6.07, 6.45) is 8.65. The number of ether oxygens (including phenoxy) is 1. The summed E-state index contributed by atoms with van der Waals surface area (Å²) in [4.78, 5) is 18.4. The number of rotatable bonds is 5. The number of hydrogen-bond donors (Lipinski definition) is 1. The Labute approximate surface area is 183 Å². The Balaban J connectivity index is 0.00000256. The van der Waals surface area contributed by atoms with Gasteiger partial charge in [-0.2, -0.15) is 0 Å². The van der Waals surface area contributed by atoms with Crippen molar-refractivity contribution in [1.29, 1.82) is 0 Å². The van der Waals surface area contributed by atoms with Gasteiger partial charge in [0.25, 0.3) is 0 Å². The second kappa shape index (κ2) is 9.85. The number of carbonyl (C=O) groups is 1. The fourth-order valence-corrected chi connectivity index (χ4v) is 3.86. The Kier molecular flexibility index (Phi) is 7.21. The number of urea groups is 1. The van der Waals surface area contributed by atoms with Gasteiger partial charge in [-0.15, -0.1) is 12.4 Å². The second-order valence-electron chi connectivity index (χ2n) is 7.57. The van der Waals surface area contributed by atoms with Gasteiger partial charge in [-0.1, -0.05) is 19.1 Å². The van der Waals surface area contributed by atoms with E-state index in [1.807, 2.05) is 40.0 Å². The molecule has 1 aliphatic heterocycles. The average molecular weight is 429 g/mol. The van der Waals surface area contributed by atoms with Crippen molar-refractivity contribution in [2.24, 2.45) is 0 Å². The van der Waals surface area contributed by atoms with Gasteiger partial charge in [0.2, 0.25) is 0 Å². The quantitative estimate of drug-likeness (QED) is 0.641. The van der Waals surface area contributed by atoms with Gasteiger partial charge in [0.15, 0.2) is 0 Å². The first-order chi connectivity index (χ1) is 14.2. The van der Waals surface area contributed by atoms with Crippen molar-refractivity contribution >= 4 is 24.1 Å². The van der Waals surface area contributed by atoms with Crippen LogP contribution < -0.4 is 10.1 Å². The molecule has 3 aromatic rings. The average Bonchev–Trinajstić information content (AvgIpc) is 3.23. The van der Waals surface area contributed by atoms with E-state index in [0.717, 1.165) is 55.9 Å². The van der Waals surface area contributed by atoms with Gasteiger partial charge in [-0.3, -0.25) is 0 Å². The molecule has 6 nitrogen and oxygen atoms in total. The lowest BCUT2D eigenvalue weighted by atomic mass is 10.0. The fraction of sp³-hybridized carbons (Fsp3) is 0.391. The molecule has 1 aliphatic rings. The van der Waals surface area contributed by atoms with E-state index in [2.05, 4.69) is 42.3 Å². The Hall–Kier alpha value is -2.73. The molecule has 0 bridgehead atoms. The summed E-state index contributed by atoms with van der Waals surface area (Å²) in [5.41, 5.74) is 4.49. The molecule has 0 spiro atoms. The number of hydrogen-bond acceptors (Lipinski definition) is 3. The summed E-state index contributed by atoms with van der Waals surface area (Å²) in [6.45, 7) is 6.37. The smallest absolute Gasteiger partial charge is 0.317 e. The highest BCUT2D eigenvalue weighted by Gasteiger charge is 2.23. The molecule has 0 atom stereocenters. The van der Waals surface area contributed by atoms with E-state index >= 15 is 0 Å². The minimum absolute atomic E-state index is 0. The van der Waals surface area contributed by atoms with Crippen LogP contribution in [0.5, 0.6) is 5.75 Å². The summed E-state index contributed by atoms with van der Waals surface area (Å²) in [5.74, 6) is 0.877. The van der Waals surface area contributed by atoms with Crippen molar-refractivity contribution in [3.8, 4) is 16.9 Å². The number of halogens is 1. The monoisotopic (exact) mass is 428 g/mol. The first-order valence-electron chi connectivity index (χ1n) is 10.4. The SMILES string of the molecule is CCCNC(=O)N1CCC(Oc2ccc(-c3ccn4ccnc4c3C)cc2)CC1.Cl. The number of nitrogens with one attached hydrogen (secondary N) is 1. The topological polar surface area (TPSA) is 58.9 Å². The number of likely N-dealkylation sites (tertiary alicyclic amines) is 1. The molecule has 1 N–H and O–H groups in total. The minimum atomic E-state index is 0. The molecular weight excluding hydrogens is 400 g/mol. The zero-order valence-electron chi connectivity index (χ0n) is 17.5. The number of piperidine rings is 1. The Bertz CT molecular complexity index is 979. The number of aryl methyl sites for hydroxylation is 1. The molecule has 0 unspecified atom stereocenters. The standard InChI is InChI=1S/C23H28N4O2.ClH/c1-3-11-25-23(28)27-13-8-20(9-14-27)29-19-6-4-18(5-7-19)21-10-15-26-16-12-24-22(26)17(21)2;/h4-7,10,12,15-16,20H,3,8-9,11,13-14H2,1-2H3,(H,25,28);1H. The predicted molar refractivity (Wildman–Crippen MR) is 122 cm³/mol. The Morgan fingerprint density at radius 2 is 1.90 bits per heavy atom. The molecule has 4 rings (SSSR count). The number of aromatic nitrogens is 2. The minimum Gasteiger partial charge on any atom is -0.490 e. The van der Waals surface area contributed by atoms with Crippen molar-refractivity contribution < 1.29 is 9.53 Å². The van der Waals surface area contributed by atoms with Gasteiger partial charge in [0, 0.05) is 56.6 Å².